The van der Waals surface area contributed by atoms with Crippen LogP contribution in [0.2, 0.25) is 0 Å². The molecule has 1 amide bonds. The maximum Gasteiger partial charge on any atom is 0.237 e. The predicted octanol–water partition coefficient (Wildman–Crippen LogP) is 2.16. The lowest BCUT2D eigenvalue weighted by atomic mass is 9.87. The van der Waals surface area contributed by atoms with Crippen LogP contribution < -0.4 is 11.1 Å². The summed E-state index contributed by atoms with van der Waals surface area (Å²) < 4.78 is 1.76. The Kier molecular flexibility index (Phi) is 8.96. The van der Waals surface area contributed by atoms with Gasteiger partial charge < -0.3 is 11.1 Å². The first-order chi connectivity index (χ1) is 10.4. The number of halogens is 2. The highest BCUT2D eigenvalue weighted by molar-refractivity contribution is 5.85. The minimum Gasteiger partial charge on any atom is -0.351 e. The molecule has 2 rings (SSSR count). The van der Waals surface area contributed by atoms with Crippen LogP contribution in [0.5, 0.6) is 0 Å². The van der Waals surface area contributed by atoms with Crippen molar-refractivity contribution in [3.05, 3.63) is 48.0 Å². The lowest BCUT2D eigenvalue weighted by Crippen LogP contribution is -2.48. The Bertz CT molecular complexity index is 608. The van der Waals surface area contributed by atoms with Crippen LogP contribution in [0, 0.1) is 5.41 Å². The zero-order valence-electron chi connectivity index (χ0n) is 14.1. The summed E-state index contributed by atoms with van der Waals surface area (Å²) in [6.45, 7) is 7.02. The van der Waals surface area contributed by atoms with Gasteiger partial charge in [0.2, 0.25) is 5.91 Å². The fourth-order valence-electron chi connectivity index (χ4n) is 1.96. The number of amides is 1. The Morgan fingerprint density at radius 3 is 2.29 bits per heavy atom. The molecule has 0 saturated heterocycles. The molecule has 0 radical (unpaired) electrons. The number of benzene rings is 1. The number of nitrogens with two attached hydrogens (primary N) is 1. The van der Waals surface area contributed by atoms with Crippen molar-refractivity contribution in [1.82, 2.24) is 20.1 Å². The second-order valence-corrected chi connectivity index (χ2v) is 6.47. The van der Waals surface area contributed by atoms with Gasteiger partial charge in [0, 0.05) is 6.54 Å². The summed E-state index contributed by atoms with van der Waals surface area (Å²) in [6, 6.07) is 7.52. The maximum absolute atomic E-state index is 12.0. The Balaban J connectivity index is 0.00000264. The molecule has 24 heavy (non-hydrogen) atoms. The molecule has 0 bridgehead atoms. The summed E-state index contributed by atoms with van der Waals surface area (Å²) in [7, 11) is 0. The summed E-state index contributed by atoms with van der Waals surface area (Å²) in [6.07, 6.45) is 3.20. The lowest BCUT2D eigenvalue weighted by Gasteiger charge is -2.25. The van der Waals surface area contributed by atoms with Crippen molar-refractivity contribution in [2.24, 2.45) is 11.1 Å². The maximum atomic E-state index is 12.0. The number of hydrogen-bond donors (Lipinski definition) is 2. The lowest BCUT2D eigenvalue weighted by molar-refractivity contribution is -0.124. The summed E-state index contributed by atoms with van der Waals surface area (Å²) in [5, 5.41) is 6.95. The van der Waals surface area contributed by atoms with Crippen molar-refractivity contribution in [3.8, 4) is 0 Å². The van der Waals surface area contributed by atoms with Gasteiger partial charge in [-0.05, 0) is 16.5 Å². The van der Waals surface area contributed by atoms with Crippen LogP contribution in [0.4, 0.5) is 0 Å². The van der Waals surface area contributed by atoms with Crippen LogP contribution >= 0.6 is 24.8 Å². The number of carbonyl (C=O) groups excluding carboxylic acids is 1. The number of carbonyl (C=O) groups is 1. The predicted molar refractivity (Wildman–Crippen MR) is 99.3 cm³/mol. The molecule has 1 aromatic carbocycles. The van der Waals surface area contributed by atoms with E-state index in [1.807, 2.05) is 45.0 Å². The van der Waals surface area contributed by atoms with Gasteiger partial charge in [0.25, 0.3) is 0 Å². The smallest absolute Gasteiger partial charge is 0.237 e. The molecule has 134 valence electrons. The summed E-state index contributed by atoms with van der Waals surface area (Å²) in [5.41, 5.74) is 7.86. The molecule has 0 aliphatic carbocycles. The average molecular weight is 374 g/mol. The summed E-state index contributed by atoms with van der Waals surface area (Å²) in [5.74, 6) is -0.126. The van der Waals surface area contributed by atoms with Gasteiger partial charge >= 0.3 is 0 Å². The topological polar surface area (TPSA) is 85.8 Å². The van der Waals surface area contributed by atoms with E-state index in [1.54, 1.807) is 11.0 Å². The summed E-state index contributed by atoms with van der Waals surface area (Å²) in [4.78, 5) is 15.9. The van der Waals surface area contributed by atoms with E-state index in [1.165, 1.54) is 6.33 Å². The van der Waals surface area contributed by atoms with Crippen molar-refractivity contribution in [2.45, 2.75) is 39.9 Å². The van der Waals surface area contributed by atoms with Crippen LogP contribution in [0.25, 0.3) is 0 Å². The van der Waals surface area contributed by atoms with Gasteiger partial charge in [-0.25, -0.2) is 9.67 Å². The molecule has 8 heteroatoms. The largest absolute Gasteiger partial charge is 0.351 e. The van der Waals surface area contributed by atoms with E-state index in [9.17, 15) is 4.79 Å². The van der Waals surface area contributed by atoms with Crippen LogP contribution in [-0.2, 0) is 17.9 Å². The first-order valence-electron chi connectivity index (χ1n) is 7.30. The molecule has 0 spiro atoms. The molecule has 0 aliphatic rings. The molecule has 0 unspecified atom stereocenters. The van der Waals surface area contributed by atoms with Gasteiger partial charge in [-0.3, -0.25) is 4.79 Å². The van der Waals surface area contributed by atoms with Gasteiger partial charge in [-0.1, -0.05) is 45.0 Å². The summed E-state index contributed by atoms with van der Waals surface area (Å²) >= 11 is 0. The van der Waals surface area contributed by atoms with E-state index in [0.29, 0.717) is 13.1 Å². The van der Waals surface area contributed by atoms with E-state index in [-0.39, 0.29) is 36.1 Å². The SMILES string of the molecule is CC(C)(C)[C@H](N)C(=O)NCc1ccc(Cn2cncn2)cc1.Cl.Cl. The van der Waals surface area contributed by atoms with E-state index >= 15 is 0 Å². The zero-order chi connectivity index (χ0) is 16.2. The highest BCUT2D eigenvalue weighted by Gasteiger charge is 2.26. The Morgan fingerprint density at radius 2 is 1.79 bits per heavy atom. The van der Waals surface area contributed by atoms with Gasteiger partial charge in [0.15, 0.2) is 0 Å². The molecule has 6 nitrogen and oxygen atoms in total. The Labute approximate surface area is 155 Å². The number of rotatable bonds is 5. The van der Waals surface area contributed by atoms with E-state index in [2.05, 4.69) is 15.4 Å². The second-order valence-electron chi connectivity index (χ2n) is 6.47. The van der Waals surface area contributed by atoms with E-state index < -0.39 is 6.04 Å². The van der Waals surface area contributed by atoms with Crippen LogP contribution in [0.15, 0.2) is 36.9 Å². The first-order valence-corrected chi connectivity index (χ1v) is 7.30. The van der Waals surface area contributed by atoms with Crippen LogP contribution in [-0.4, -0.2) is 26.7 Å². The second kappa shape index (κ2) is 9.61. The molecule has 1 aromatic heterocycles. The molecule has 1 heterocycles. The van der Waals surface area contributed by atoms with Crippen molar-refractivity contribution in [2.75, 3.05) is 0 Å². The third-order valence-electron chi connectivity index (χ3n) is 3.52. The van der Waals surface area contributed by atoms with Crippen molar-refractivity contribution >= 4 is 30.7 Å². The monoisotopic (exact) mass is 373 g/mol. The van der Waals surface area contributed by atoms with Gasteiger partial charge in [0.1, 0.15) is 12.7 Å². The molecular formula is C16H25Cl2N5O. The quantitative estimate of drug-likeness (QED) is 0.840. The van der Waals surface area contributed by atoms with E-state index in [0.717, 1.165) is 11.1 Å². The van der Waals surface area contributed by atoms with Gasteiger partial charge in [-0.2, -0.15) is 5.10 Å². The van der Waals surface area contributed by atoms with Crippen molar-refractivity contribution in [3.63, 3.8) is 0 Å². The third kappa shape index (κ3) is 6.47. The Morgan fingerprint density at radius 1 is 1.21 bits per heavy atom. The van der Waals surface area contributed by atoms with E-state index in [4.69, 9.17) is 5.73 Å². The van der Waals surface area contributed by atoms with Crippen molar-refractivity contribution < 1.29 is 4.79 Å². The standard InChI is InChI=1S/C16H23N5O.2ClH/c1-16(2,3)14(17)15(22)19-8-12-4-6-13(7-5-12)9-21-11-18-10-20-21;;/h4-7,10-11,14H,8-9,17H2,1-3H3,(H,19,22);2*1H/t14-;;/m1../s1. The molecule has 2 aromatic rings. The zero-order valence-corrected chi connectivity index (χ0v) is 15.7. The number of hydrogen-bond acceptors (Lipinski definition) is 4. The normalized spacial score (nSPS) is 11.8. The molecule has 1 atom stereocenters. The van der Waals surface area contributed by atoms with Gasteiger partial charge in [-0.15, -0.1) is 24.8 Å². The minimum atomic E-state index is -0.515. The highest BCUT2D eigenvalue weighted by Crippen LogP contribution is 2.17. The first kappa shape index (κ1) is 22.4. The number of nitrogens with one attached hydrogen (secondary N) is 1. The van der Waals surface area contributed by atoms with Crippen LogP contribution in [0.3, 0.4) is 0 Å². The van der Waals surface area contributed by atoms with Crippen LogP contribution in [0.1, 0.15) is 31.9 Å². The molecule has 0 fully saturated rings. The molecule has 3 N–H and O–H groups in total. The molecule has 0 saturated carbocycles. The third-order valence-corrected chi connectivity index (χ3v) is 3.52. The highest BCUT2D eigenvalue weighted by atomic mass is 35.5. The number of nitrogens with zero attached hydrogens (tertiary/aromatic N) is 3. The Hall–Kier alpha value is -1.63. The fourth-order valence-corrected chi connectivity index (χ4v) is 1.96. The van der Waals surface area contributed by atoms with Gasteiger partial charge in [0.05, 0.1) is 12.6 Å². The van der Waals surface area contributed by atoms with Crippen molar-refractivity contribution in [1.29, 1.82) is 0 Å². The molecular weight excluding hydrogens is 349 g/mol. The minimum absolute atomic E-state index is 0. The fraction of sp³-hybridized carbons (Fsp3) is 0.438. The number of aromatic nitrogens is 3. The molecule has 0 aliphatic heterocycles. The average Bonchev–Trinajstić information content (AvgIpc) is 2.97.